The number of carbonyl (C=O) groups excluding carboxylic acids is 1. The molecule has 3 rings (SSSR count). The Morgan fingerprint density at radius 1 is 1.27 bits per heavy atom. The zero-order valence-electron chi connectivity index (χ0n) is 14.8. The Hall–Kier alpha value is -3.10. The van der Waals surface area contributed by atoms with Crippen molar-refractivity contribution < 1.29 is 14.7 Å². The van der Waals surface area contributed by atoms with Gasteiger partial charge in [0.15, 0.2) is 0 Å². The molecule has 138 valence electrons. The Morgan fingerprint density at radius 3 is 2.62 bits per heavy atom. The third-order valence-corrected chi connectivity index (χ3v) is 4.37. The van der Waals surface area contributed by atoms with Crippen molar-refractivity contribution >= 4 is 23.6 Å². The lowest BCUT2D eigenvalue weighted by molar-refractivity contribution is -0.143. The van der Waals surface area contributed by atoms with Gasteiger partial charge in [-0.15, -0.1) is 5.10 Å². The van der Waals surface area contributed by atoms with E-state index in [2.05, 4.69) is 15.4 Å². The first-order valence-corrected chi connectivity index (χ1v) is 8.42. The predicted molar refractivity (Wildman–Crippen MR) is 96.6 cm³/mol. The maximum atomic E-state index is 12.4. The highest BCUT2D eigenvalue weighted by atomic mass is 16.4. The van der Waals surface area contributed by atoms with Gasteiger partial charge in [-0.05, 0) is 31.0 Å². The number of nitrogens with one attached hydrogen (secondary N) is 1. The average molecular weight is 358 g/mol. The van der Waals surface area contributed by atoms with E-state index < -0.39 is 5.97 Å². The van der Waals surface area contributed by atoms with Gasteiger partial charge in [0.05, 0.1) is 11.6 Å². The molecule has 1 aliphatic rings. The number of aromatic nitrogens is 3. The van der Waals surface area contributed by atoms with Crippen LogP contribution in [0.1, 0.15) is 12.8 Å². The number of amides is 2. The molecule has 1 saturated heterocycles. The van der Waals surface area contributed by atoms with Crippen molar-refractivity contribution in [1.82, 2.24) is 19.7 Å². The number of aliphatic carboxylic acids is 1. The molecule has 2 heterocycles. The SMILES string of the molecule is CN(C)c1ncn(-c2cccc(NC(=O)N3CCC(C(=O)O)CC3)c2)n1. The van der Waals surface area contributed by atoms with Gasteiger partial charge in [0.1, 0.15) is 6.33 Å². The number of hydrogen-bond acceptors (Lipinski definition) is 5. The summed E-state index contributed by atoms with van der Waals surface area (Å²) in [6.45, 7) is 0.884. The number of piperidine rings is 1. The Labute approximate surface area is 151 Å². The first kappa shape index (κ1) is 17.7. The second-order valence-corrected chi connectivity index (χ2v) is 6.46. The van der Waals surface area contributed by atoms with Gasteiger partial charge in [-0.25, -0.2) is 9.48 Å². The van der Waals surface area contributed by atoms with Crippen LogP contribution in [-0.4, -0.2) is 64.0 Å². The maximum Gasteiger partial charge on any atom is 0.321 e. The lowest BCUT2D eigenvalue weighted by atomic mass is 9.97. The minimum absolute atomic E-state index is 0.224. The zero-order chi connectivity index (χ0) is 18.7. The molecule has 0 unspecified atom stereocenters. The van der Waals surface area contributed by atoms with Crippen molar-refractivity contribution in [2.45, 2.75) is 12.8 Å². The van der Waals surface area contributed by atoms with Crippen LogP contribution in [0.5, 0.6) is 0 Å². The van der Waals surface area contributed by atoms with Gasteiger partial charge in [-0.3, -0.25) is 4.79 Å². The predicted octanol–water partition coefficient (Wildman–Crippen LogP) is 1.66. The normalized spacial score (nSPS) is 14.9. The average Bonchev–Trinajstić information content (AvgIpc) is 3.12. The molecular weight excluding hydrogens is 336 g/mol. The van der Waals surface area contributed by atoms with Gasteiger partial charge in [0.2, 0.25) is 5.95 Å². The molecule has 9 heteroatoms. The molecule has 0 spiro atoms. The van der Waals surface area contributed by atoms with Crippen LogP contribution in [0.4, 0.5) is 16.4 Å². The van der Waals surface area contributed by atoms with E-state index in [-0.39, 0.29) is 11.9 Å². The Balaban J connectivity index is 1.65. The molecule has 2 N–H and O–H groups in total. The van der Waals surface area contributed by atoms with Gasteiger partial charge in [0.25, 0.3) is 0 Å². The number of urea groups is 1. The second kappa shape index (κ2) is 7.42. The van der Waals surface area contributed by atoms with Crippen LogP contribution in [0.2, 0.25) is 0 Å². The summed E-state index contributed by atoms with van der Waals surface area (Å²) in [7, 11) is 3.73. The van der Waals surface area contributed by atoms with E-state index in [9.17, 15) is 9.59 Å². The van der Waals surface area contributed by atoms with Crippen LogP contribution in [0.15, 0.2) is 30.6 Å². The molecule has 9 nitrogen and oxygen atoms in total. The number of benzene rings is 1. The fourth-order valence-electron chi connectivity index (χ4n) is 2.84. The van der Waals surface area contributed by atoms with Crippen LogP contribution in [-0.2, 0) is 4.79 Å². The molecule has 1 aromatic heterocycles. The molecule has 1 aliphatic heterocycles. The summed E-state index contributed by atoms with van der Waals surface area (Å²) in [5, 5.41) is 16.3. The maximum absolute atomic E-state index is 12.4. The molecule has 0 aliphatic carbocycles. The van der Waals surface area contributed by atoms with Gasteiger partial charge in [-0.2, -0.15) is 4.98 Å². The quantitative estimate of drug-likeness (QED) is 0.861. The molecule has 26 heavy (non-hydrogen) atoms. The number of nitrogens with zero attached hydrogens (tertiary/aromatic N) is 5. The highest BCUT2D eigenvalue weighted by Crippen LogP contribution is 2.19. The first-order chi connectivity index (χ1) is 12.4. The Kier molecular flexibility index (Phi) is 5.06. The molecule has 0 radical (unpaired) electrons. The number of hydrogen-bond donors (Lipinski definition) is 2. The third-order valence-electron chi connectivity index (χ3n) is 4.37. The number of carboxylic acids is 1. The molecule has 2 aromatic rings. The highest BCUT2D eigenvalue weighted by molar-refractivity contribution is 5.89. The van der Waals surface area contributed by atoms with Crippen molar-refractivity contribution in [3.63, 3.8) is 0 Å². The molecule has 0 bridgehead atoms. The smallest absolute Gasteiger partial charge is 0.321 e. The van der Waals surface area contributed by atoms with Crippen molar-refractivity contribution in [1.29, 1.82) is 0 Å². The van der Waals surface area contributed by atoms with Gasteiger partial charge in [-0.1, -0.05) is 6.07 Å². The van der Waals surface area contributed by atoms with E-state index in [0.29, 0.717) is 37.6 Å². The summed E-state index contributed by atoms with van der Waals surface area (Å²) in [6.07, 6.45) is 2.58. The molecule has 0 atom stereocenters. The zero-order valence-corrected chi connectivity index (χ0v) is 14.8. The van der Waals surface area contributed by atoms with Crippen molar-refractivity contribution in [2.75, 3.05) is 37.4 Å². The number of rotatable bonds is 4. The molecular formula is C17H22N6O3. The van der Waals surface area contributed by atoms with E-state index in [4.69, 9.17) is 5.11 Å². The van der Waals surface area contributed by atoms with Gasteiger partial charge < -0.3 is 20.2 Å². The second-order valence-electron chi connectivity index (χ2n) is 6.46. The van der Waals surface area contributed by atoms with Crippen LogP contribution < -0.4 is 10.2 Å². The first-order valence-electron chi connectivity index (χ1n) is 8.42. The molecule has 1 fully saturated rings. The van der Waals surface area contributed by atoms with Gasteiger partial charge in [0, 0.05) is 32.9 Å². The van der Waals surface area contributed by atoms with Crippen molar-refractivity contribution in [3.05, 3.63) is 30.6 Å². The Bertz CT molecular complexity index is 795. The summed E-state index contributed by atoms with van der Waals surface area (Å²) < 4.78 is 1.64. The fraction of sp³-hybridized carbons (Fsp3) is 0.412. The van der Waals surface area contributed by atoms with Crippen LogP contribution in [0, 0.1) is 5.92 Å². The summed E-state index contributed by atoms with van der Waals surface area (Å²) in [6, 6.07) is 7.10. The van der Waals surface area contributed by atoms with E-state index in [1.165, 1.54) is 0 Å². The molecule has 1 aromatic carbocycles. The Morgan fingerprint density at radius 2 is 2.00 bits per heavy atom. The molecule has 0 saturated carbocycles. The van der Waals surface area contributed by atoms with Crippen LogP contribution in [0.25, 0.3) is 5.69 Å². The summed E-state index contributed by atoms with van der Waals surface area (Å²) in [5.41, 5.74) is 1.43. The number of likely N-dealkylation sites (tertiary alicyclic amines) is 1. The number of carbonyl (C=O) groups is 2. The minimum atomic E-state index is -0.789. The van der Waals surface area contributed by atoms with Gasteiger partial charge >= 0.3 is 12.0 Å². The van der Waals surface area contributed by atoms with E-state index in [1.54, 1.807) is 22.0 Å². The summed E-state index contributed by atoms with van der Waals surface area (Å²) in [4.78, 5) is 31.1. The number of anilines is 2. The monoisotopic (exact) mass is 358 g/mol. The third kappa shape index (κ3) is 3.93. The van der Waals surface area contributed by atoms with E-state index in [0.717, 1.165) is 5.69 Å². The summed E-state index contributed by atoms with van der Waals surface area (Å²) >= 11 is 0. The lowest BCUT2D eigenvalue weighted by Gasteiger charge is -2.30. The number of carboxylic acid groups (broad SMARTS) is 1. The highest BCUT2D eigenvalue weighted by Gasteiger charge is 2.27. The topological polar surface area (TPSA) is 104 Å². The van der Waals surface area contributed by atoms with Crippen molar-refractivity contribution in [3.8, 4) is 5.69 Å². The summed E-state index contributed by atoms with van der Waals surface area (Å²) in [5.74, 6) is -0.552. The largest absolute Gasteiger partial charge is 0.481 e. The van der Waals surface area contributed by atoms with E-state index >= 15 is 0 Å². The van der Waals surface area contributed by atoms with Crippen LogP contribution >= 0.6 is 0 Å². The standard InChI is InChI=1S/C17H22N6O3/c1-21(2)16-18-11-23(20-16)14-5-3-4-13(10-14)19-17(26)22-8-6-12(7-9-22)15(24)25/h3-5,10-12H,6-9H2,1-2H3,(H,19,26)(H,24,25). The lowest BCUT2D eigenvalue weighted by Crippen LogP contribution is -2.42. The van der Waals surface area contributed by atoms with Crippen LogP contribution in [0.3, 0.4) is 0 Å². The fourth-order valence-corrected chi connectivity index (χ4v) is 2.84. The van der Waals surface area contributed by atoms with E-state index in [1.807, 2.05) is 37.2 Å². The molecule has 2 amide bonds. The minimum Gasteiger partial charge on any atom is -0.481 e. The van der Waals surface area contributed by atoms with Crippen molar-refractivity contribution in [2.24, 2.45) is 5.92 Å².